The third-order valence-corrected chi connectivity index (χ3v) is 6.40. The SMILES string of the molecule is CN1CC[C@@H](Oc2cc3ncnc(Nc4cccc(-c5c(F)cccc5F)c4)c3cc2C=CC(=O)NC=O)C1. The van der Waals surface area contributed by atoms with E-state index in [1.165, 1.54) is 30.6 Å². The first-order valence-corrected chi connectivity index (χ1v) is 12.3. The Kier molecular flexibility index (Phi) is 7.55. The lowest BCUT2D eigenvalue weighted by Crippen LogP contribution is -2.21. The van der Waals surface area contributed by atoms with Crippen molar-refractivity contribution < 1.29 is 23.1 Å². The second-order valence-electron chi connectivity index (χ2n) is 9.18. The Balaban J connectivity index is 1.52. The van der Waals surface area contributed by atoms with Crippen molar-refractivity contribution in [2.75, 3.05) is 25.5 Å². The average molecular weight is 530 g/mol. The van der Waals surface area contributed by atoms with Crippen LogP contribution in [0.5, 0.6) is 5.75 Å². The molecule has 0 bridgehead atoms. The van der Waals surface area contributed by atoms with Crippen molar-refractivity contribution in [2.24, 2.45) is 0 Å². The molecule has 1 aliphatic heterocycles. The van der Waals surface area contributed by atoms with Gasteiger partial charge in [-0.15, -0.1) is 0 Å². The van der Waals surface area contributed by atoms with Gasteiger partial charge in [-0.3, -0.25) is 14.9 Å². The van der Waals surface area contributed by atoms with Gasteiger partial charge in [0.15, 0.2) is 0 Å². The summed E-state index contributed by atoms with van der Waals surface area (Å²) in [7, 11) is 2.02. The number of hydrogen-bond acceptors (Lipinski definition) is 7. The summed E-state index contributed by atoms with van der Waals surface area (Å²) in [5.74, 6) is -0.896. The molecule has 10 heteroatoms. The van der Waals surface area contributed by atoms with Gasteiger partial charge in [0, 0.05) is 41.9 Å². The maximum absolute atomic E-state index is 14.4. The molecule has 3 aromatic carbocycles. The van der Waals surface area contributed by atoms with Crippen LogP contribution >= 0.6 is 0 Å². The van der Waals surface area contributed by atoms with Crippen LogP contribution in [0.2, 0.25) is 0 Å². The molecule has 0 spiro atoms. The van der Waals surface area contributed by atoms with Gasteiger partial charge in [0.05, 0.1) is 11.1 Å². The third kappa shape index (κ3) is 5.91. The Hall–Kier alpha value is -4.70. The van der Waals surface area contributed by atoms with Gasteiger partial charge < -0.3 is 15.0 Å². The van der Waals surface area contributed by atoms with Crippen LogP contribution in [0.25, 0.3) is 28.1 Å². The quantitative estimate of drug-likeness (QED) is 0.253. The second-order valence-corrected chi connectivity index (χ2v) is 9.18. The highest BCUT2D eigenvalue weighted by Crippen LogP contribution is 2.33. The van der Waals surface area contributed by atoms with Crippen molar-refractivity contribution in [3.05, 3.63) is 84.2 Å². The number of fused-ring (bicyclic) bond motifs is 1. The molecule has 1 aliphatic rings. The van der Waals surface area contributed by atoms with Crippen molar-refractivity contribution in [3.8, 4) is 16.9 Å². The summed E-state index contributed by atoms with van der Waals surface area (Å²) in [5.41, 5.74) is 2.01. The highest BCUT2D eigenvalue weighted by molar-refractivity contribution is 5.99. The Morgan fingerprint density at radius 3 is 2.64 bits per heavy atom. The van der Waals surface area contributed by atoms with Gasteiger partial charge in [0.2, 0.25) is 12.3 Å². The molecular formula is C29H25F2N5O3. The van der Waals surface area contributed by atoms with Gasteiger partial charge in [-0.1, -0.05) is 18.2 Å². The maximum atomic E-state index is 14.4. The lowest BCUT2D eigenvalue weighted by atomic mass is 10.0. The number of benzene rings is 3. The molecule has 8 nitrogen and oxygen atoms in total. The Bertz CT molecular complexity index is 1560. The summed E-state index contributed by atoms with van der Waals surface area (Å²) >= 11 is 0. The molecule has 5 rings (SSSR count). The average Bonchev–Trinajstić information content (AvgIpc) is 3.32. The molecule has 2 heterocycles. The zero-order valence-electron chi connectivity index (χ0n) is 21.0. The smallest absolute Gasteiger partial charge is 0.250 e. The van der Waals surface area contributed by atoms with E-state index in [1.807, 2.05) is 7.05 Å². The van der Waals surface area contributed by atoms with E-state index in [2.05, 4.69) is 25.5 Å². The van der Waals surface area contributed by atoms with Gasteiger partial charge in [-0.2, -0.15) is 0 Å². The first-order chi connectivity index (χ1) is 18.9. The zero-order valence-corrected chi connectivity index (χ0v) is 21.0. The molecule has 1 aromatic heterocycles. The summed E-state index contributed by atoms with van der Waals surface area (Å²) < 4.78 is 35.0. The monoisotopic (exact) mass is 529 g/mol. The van der Waals surface area contributed by atoms with Crippen molar-refractivity contribution >= 4 is 40.8 Å². The Labute approximate surface area is 223 Å². The van der Waals surface area contributed by atoms with Crippen LogP contribution in [-0.2, 0) is 9.59 Å². The van der Waals surface area contributed by atoms with Crippen molar-refractivity contribution in [1.29, 1.82) is 0 Å². The van der Waals surface area contributed by atoms with E-state index >= 15 is 0 Å². The maximum Gasteiger partial charge on any atom is 0.250 e. The van der Waals surface area contributed by atoms with E-state index in [1.54, 1.807) is 42.5 Å². The zero-order chi connectivity index (χ0) is 27.4. The lowest BCUT2D eigenvalue weighted by Gasteiger charge is -2.17. The summed E-state index contributed by atoms with van der Waals surface area (Å²) in [6, 6.07) is 14.0. The lowest BCUT2D eigenvalue weighted by molar-refractivity contribution is -0.121. The fourth-order valence-electron chi connectivity index (χ4n) is 4.54. The van der Waals surface area contributed by atoms with Gasteiger partial charge in [0.1, 0.15) is 35.6 Å². The number of carbonyl (C=O) groups excluding carboxylic acids is 2. The standard InChI is InChI=1S/C29H25F2N5O3/c1-36-11-10-21(15-36)39-26-14-25-22(13-18(26)8-9-27(38)34-17-37)29(33-16-32-25)35-20-5-2-4-19(12-20)28-23(30)6-3-7-24(28)31/h2-9,12-14,16-17,21H,10-11,15H2,1H3,(H,32,33,35)(H,34,37,38)/t21-/m1/s1. The number of aromatic nitrogens is 2. The van der Waals surface area contributed by atoms with E-state index in [4.69, 9.17) is 4.74 Å². The molecule has 0 aliphatic carbocycles. The van der Waals surface area contributed by atoms with Gasteiger partial charge >= 0.3 is 0 Å². The third-order valence-electron chi connectivity index (χ3n) is 6.40. The molecule has 2 amide bonds. The molecule has 0 saturated carbocycles. The van der Waals surface area contributed by atoms with Gasteiger partial charge in [-0.25, -0.2) is 18.7 Å². The fourth-order valence-corrected chi connectivity index (χ4v) is 4.54. The van der Waals surface area contributed by atoms with E-state index in [-0.39, 0.29) is 11.7 Å². The fraction of sp³-hybridized carbons (Fsp3) is 0.172. The van der Waals surface area contributed by atoms with Crippen LogP contribution < -0.4 is 15.4 Å². The minimum absolute atomic E-state index is 0.0237. The highest BCUT2D eigenvalue weighted by Gasteiger charge is 2.22. The number of nitrogens with zero attached hydrogens (tertiary/aromatic N) is 3. The number of likely N-dealkylation sites (N-methyl/N-ethyl adjacent to an activating group) is 1. The molecule has 1 fully saturated rings. The normalized spacial score (nSPS) is 15.5. The number of anilines is 2. The van der Waals surface area contributed by atoms with Crippen molar-refractivity contribution in [3.63, 3.8) is 0 Å². The van der Waals surface area contributed by atoms with Crippen molar-refractivity contribution in [2.45, 2.75) is 12.5 Å². The molecule has 0 unspecified atom stereocenters. The number of halogens is 2. The van der Waals surface area contributed by atoms with Crippen LogP contribution in [-0.4, -0.2) is 53.4 Å². The number of amides is 2. The van der Waals surface area contributed by atoms with Crippen LogP contribution in [0.15, 0.2) is 67.0 Å². The molecule has 198 valence electrons. The second kappa shape index (κ2) is 11.4. The number of rotatable bonds is 8. The molecule has 4 aromatic rings. The summed E-state index contributed by atoms with van der Waals surface area (Å²) in [6.07, 6.45) is 5.36. The predicted molar refractivity (Wildman–Crippen MR) is 144 cm³/mol. The molecule has 39 heavy (non-hydrogen) atoms. The minimum atomic E-state index is -0.657. The summed E-state index contributed by atoms with van der Waals surface area (Å²) in [6.45, 7) is 1.68. The summed E-state index contributed by atoms with van der Waals surface area (Å²) in [4.78, 5) is 33.5. The number of hydrogen-bond donors (Lipinski definition) is 2. The number of carbonyl (C=O) groups is 2. The predicted octanol–water partition coefficient (Wildman–Crippen LogP) is 4.69. The van der Waals surface area contributed by atoms with Crippen LogP contribution in [0.3, 0.4) is 0 Å². The molecule has 0 radical (unpaired) electrons. The van der Waals surface area contributed by atoms with Crippen molar-refractivity contribution in [1.82, 2.24) is 20.2 Å². The van der Waals surface area contributed by atoms with Gasteiger partial charge in [-0.05, 0) is 55.4 Å². The number of likely N-dealkylation sites (tertiary alicyclic amines) is 1. The highest BCUT2D eigenvalue weighted by atomic mass is 19.1. The Morgan fingerprint density at radius 2 is 1.90 bits per heavy atom. The molecule has 1 atom stereocenters. The van der Waals surface area contributed by atoms with E-state index in [0.717, 1.165) is 19.5 Å². The number of imide groups is 1. The minimum Gasteiger partial charge on any atom is -0.488 e. The summed E-state index contributed by atoms with van der Waals surface area (Å²) in [5, 5.41) is 5.92. The molecular weight excluding hydrogens is 504 g/mol. The van der Waals surface area contributed by atoms with E-state index in [9.17, 15) is 18.4 Å². The Morgan fingerprint density at radius 1 is 1.10 bits per heavy atom. The largest absolute Gasteiger partial charge is 0.488 e. The first-order valence-electron chi connectivity index (χ1n) is 12.3. The number of ether oxygens (including phenoxy) is 1. The molecule has 1 saturated heterocycles. The van der Waals surface area contributed by atoms with Crippen LogP contribution in [0.1, 0.15) is 12.0 Å². The number of nitrogens with one attached hydrogen (secondary N) is 2. The van der Waals surface area contributed by atoms with Crippen LogP contribution in [0.4, 0.5) is 20.3 Å². The van der Waals surface area contributed by atoms with E-state index < -0.39 is 17.5 Å². The molecule has 2 N–H and O–H groups in total. The first kappa shape index (κ1) is 25.9. The van der Waals surface area contributed by atoms with Gasteiger partial charge in [0.25, 0.3) is 0 Å². The topological polar surface area (TPSA) is 96.4 Å². The van der Waals surface area contributed by atoms with Crippen LogP contribution in [0, 0.1) is 11.6 Å². The van der Waals surface area contributed by atoms with E-state index in [0.29, 0.717) is 45.7 Å².